The Labute approximate surface area is 159 Å². The Morgan fingerprint density at radius 2 is 1.89 bits per heavy atom. The van der Waals surface area contributed by atoms with Gasteiger partial charge < -0.3 is 28.4 Å². The van der Waals surface area contributed by atoms with Crippen LogP contribution in [0.4, 0.5) is 5.69 Å². The second-order valence-corrected chi connectivity index (χ2v) is 6.03. The Morgan fingerprint density at radius 1 is 1.15 bits per heavy atom. The van der Waals surface area contributed by atoms with Crippen molar-refractivity contribution in [2.24, 2.45) is 0 Å². The van der Waals surface area contributed by atoms with E-state index in [0.717, 1.165) is 11.8 Å². The maximum Gasteiger partial charge on any atom is 0.284 e. The second-order valence-electron chi connectivity index (χ2n) is 5.10. The van der Waals surface area contributed by atoms with E-state index in [1.54, 1.807) is 24.3 Å². The number of methoxy groups -OCH3 is 3. The van der Waals surface area contributed by atoms with E-state index in [2.05, 4.69) is 15.5 Å². The highest BCUT2D eigenvalue weighted by molar-refractivity contribution is 7.99. The van der Waals surface area contributed by atoms with Crippen LogP contribution in [0.15, 0.2) is 44.6 Å². The molecular weight excluding hydrogens is 374 g/mol. The number of aromatic nitrogens is 2. The lowest BCUT2D eigenvalue weighted by molar-refractivity contribution is -0.113. The normalized spacial score (nSPS) is 10.5. The third-order valence-corrected chi connectivity index (χ3v) is 4.23. The van der Waals surface area contributed by atoms with E-state index in [0.29, 0.717) is 28.7 Å². The van der Waals surface area contributed by atoms with Crippen molar-refractivity contribution in [2.45, 2.75) is 5.22 Å². The minimum absolute atomic E-state index is 0.0798. The summed E-state index contributed by atoms with van der Waals surface area (Å²) >= 11 is 1.11. The first-order valence-corrected chi connectivity index (χ1v) is 8.73. The summed E-state index contributed by atoms with van der Waals surface area (Å²) in [7, 11) is 4.52. The maximum atomic E-state index is 12.2. The summed E-state index contributed by atoms with van der Waals surface area (Å²) in [5, 5.41) is 10.8. The minimum atomic E-state index is -0.257. The van der Waals surface area contributed by atoms with Crippen LogP contribution in [0.1, 0.15) is 0 Å². The fourth-order valence-electron chi connectivity index (χ4n) is 2.25. The van der Waals surface area contributed by atoms with Gasteiger partial charge in [-0.05, 0) is 12.1 Å². The number of hydrogen-bond donors (Lipinski definition) is 1. The van der Waals surface area contributed by atoms with Crippen molar-refractivity contribution in [1.82, 2.24) is 10.2 Å². The number of furan rings is 1. The SMILES string of the molecule is COc1cc(NC(=O)CSc2nnc(-c3ccco3)o2)cc(OC)c1OC. The first-order chi connectivity index (χ1) is 13.1. The van der Waals surface area contributed by atoms with Crippen molar-refractivity contribution in [1.29, 1.82) is 0 Å². The predicted molar refractivity (Wildman–Crippen MR) is 97.5 cm³/mol. The Kier molecular flexibility index (Phi) is 5.87. The molecule has 3 rings (SSSR count). The molecule has 0 aliphatic rings. The molecule has 142 valence electrons. The molecule has 0 unspecified atom stereocenters. The quantitative estimate of drug-likeness (QED) is 0.579. The molecule has 0 bridgehead atoms. The van der Waals surface area contributed by atoms with Gasteiger partial charge in [-0.3, -0.25) is 4.79 Å². The highest BCUT2D eigenvalue weighted by Gasteiger charge is 2.16. The molecule has 0 saturated heterocycles. The summed E-state index contributed by atoms with van der Waals surface area (Å²) in [4.78, 5) is 12.2. The number of nitrogens with one attached hydrogen (secondary N) is 1. The number of amides is 1. The molecule has 10 heteroatoms. The molecule has 0 aliphatic carbocycles. The van der Waals surface area contributed by atoms with Crippen molar-refractivity contribution in [3.05, 3.63) is 30.5 Å². The lowest BCUT2D eigenvalue weighted by atomic mass is 10.2. The van der Waals surface area contributed by atoms with Gasteiger partial charge >= 0.3 is 0 Å². The van der Waals surface area contributed by atoms with Crippen LogP contribution in [0, 0.1) is 0 Å². The van der Waals surface area contributed by atoms with Crippen LogP contribution in [-0.2, 0) is 4.79 Å². The first kappa shape index (κ1) is 18.6. The number of carbonyl (C=O) groups excluding carboxylic acids is 1. The predicted octanol–water partition coefficient (Wildman–Crippen LogP) is 3.09. The number of benzene rings is 1. The topological polar surface area (TPSA) is 109 Å². The molecule has 3 aromatic rings. The monoisotopic (exact) mass is 391 g/mol. The number of hydrogen-bond acceptors (Lipinski definition) is 9. The Bertz CT molecular complexity index is 884. The third-order valence-electron chi connectivity index (χ3n) is 3.41. The van der Waals surface area contributed by atoms with Gasteiger partial charge in [0.1, 0.15) is 0 Å². The Morgan fingerprint density at radius 3 is 2.48 bits per heavy atom. The lowest BCUT2D eigenvalue weighted by Crippen LogP contribution is -2.14. The van der Waals surface area contributed by atoms with Crippen molar-refractivity contribution in [2.75, 3.05) is 32.4 Å². The van der Waals surface area contributed by atoms with Crippen LogP contribution in [0.5, 0.6) is 17.2 Å². The highest BCUT2D eigenvalue weighted by atomic mass is 32.2. The van der Waals surface area contributed by atoms with Gasteiger partial charge in [-0.1, -0.05) is 11.8 Å². The van der Waals surface area contributed by atoms with Crippen molar-refractivity contribution in [3.63, 3.8) is 0 Å². The minimum Gasteiger partial charge on any atom is -0.493 e. The zero-order valence-electron chi connectivity index (χ0n) is 14.8. The third kappa shape index (κ3) is 4.34. The molecule has 1 amide bonds. The van der Waals surface area contributed by atoms with Crippen LogP contribution >= 0.6 is 11.8 Å². The molecule has 0 atom stereocenters. The van der Waals surface area contributed by atoms with E-state index in [9.17, 15) is 4.79 Å². The van der Waals surface area contributed by atoms with E-state index in [-0.39, 0.29) is 22.8 Å². The van der Waals surface area contributed by atoms with Crippen LogP contribution in [-0.4, -0.2) is 43.2 Å². The van der Waals surface area contributed by atoms with Gasteiger partial charge in [0.05, 0.1) is 33.3 Å². The van der Waals surface area contributed by atoms with E-state index in [1.807, 2.05) is 0 Å². The standard InChI is InChI=1S/C17H17N3O6S/c1-22-12-7-10(8-13(23-2)15(12)24-3)18-14(21)9-27-17-20-19-16(26-17)11-5-4-6-25-11/h4-8H,9H2,1-3H3,(H,18,21). The molecule has 9 nitrogen and oxygen atoms in total. The second kappa shape index (κ2) is 8.49. The average Bonchev–Trinajstić information content (AvgIpc) is 3.37. The number of nitrogens with zero attached hydrogens (tertiary/aromatic N) is 2. The van der Waals surface area contributed by atoms with E-state index in [4.69, 9.17) is 23.0 Å². The van der Waals surface area contributed by atoms with E-state index in [1.165, 1.54) is 27.6 Å². The van der Waals surface area contributed by atoms with Gasteiger partial charge in [-0.15, -0.1) is 10.2 Å². The highest BCUT2D eigenvalue weighted by Crippen LogP contribution is 2.40. The molecule has 1 N–H and O–H groups in total. The van der Waals surface area contributed by atoms with Crippen molar-refractivity contribution < 1.29 is 27.8 Å². The fraction of sp³-hybridized carbons (Fsp3) is 0.235. The van der Waals surface area contributed by atoms with Gasteiger partial charge in [0.2, 0.25) is 11.7 Å². The van der Waals surface area contributed by atoms with E-state index < -0.39 is 0 Å². The first-order valence-electron chi connectivity index (χ1n) is 7.74. The maximum absolute atomic E-state index is 12.2. The zero-order chi connectivity index (χ0) is 19.2. The Hall–Kier alpha value is -3.14. The summed E-state index contributed by atoms with van der Waals surface area (Å²) in [5.41, 5.74) is 0.511. The van der Waals surface area contributed by atoms with Gasteiger partial charge in [0.15, 0.2) is 17.3 Å². The summed E-state index contributed by atoms with van der Waals surface area (Å²) in [6, 6.07) is 6.72. The molecule has 0 fully saturated rings. The Balaban J connectivity index is 1.62. The van der Waals surface area contributed by atoms with Gasteiger partial charge in [0, 0.05) is 17.8 Å². The van der Waals surface area contributed by atoms with Crippen LogP contribution in [0.3, 0.4) is 0 Å². The number of ether oxygens (including phenoxy) is 3. The van der Waals surface area contributed by atoms with Crippen LogP contribution in [0.2, 0.25) is 0 Å². The molecule has 0 radical (unpaired) electrons. The number of anilines is 1. The summed E-state index contributed by atoms with van der Waals surface area (Å²) in [6.07, 6.45) is 1.51. The molecular formula is C17H17N3O6S. The van der Waals surface area contributed by atoms with Gasteiger partial charge in [0.25, 0.3) is 11.1 Å². The molecule has 0 spiro atoms. The van der Waals surface area contributed by atoms with Crippen LogP contribution < -0.4 is 19.5 Å². The number of carbonyl (C=O) groups is 1. The molecule has 0 aliphatic heterocycles. The summed E-state index contributed by atoms with van der Waals surface area (Å²) in [6.45, 7) is 0. The molecule has 27 heavy (non-hydrogen) atoms. The number of thioether (sulfide) groups is 1. The molecule has 0 saturated carbocycles. The smallest absolute Gasteiger partial charge is 0.284 e. The van der Waals surface area contributed by atoms with Crippen molar-refractivity contribution in [3.8, 4) is 28.9 Å². The molecule has 2 heterocycles. The van der Waals surface area contributed by atoms with Gasteiger partial charge in [-0.2, -0.15) is 0 Å². The number of rotatable bonds is 8. The molecule has 1 aromatic carbocycles. The summed E-state index contributed by atoms with van der Waals surface area (Å²) < 4.78 is 26.4. The van der Waals surface area contributed by atoms with E-state index >= 15 is 0 Å². The summed E-state index contributed by atoms with van der Waals surface area (Å²) in [5.74, 6) is 1.88. The fourth-order valence-corrected chi connectivity index (χ4v) is 2.81. The average molecular weight is 391 g/mol. The molecule has 2 aromatic heterocycles. The lowest BCUT2D eigenvalue weighted by Gasteiger charge is -2.14. The largest absolute Gasteiger partial charge is 0.493 e. The van der Waals surface area contributed by atoms with Crippen molar-refractivity contribution >= 4 is 23.4 Å². The van der Waals surface area contributed by atoms with Gasteiger partial charge in [-0.25, -0.2) is 0 Å². The van der Waals surface area contributed by atoms with Crippen LogP contribution in [0.25, 0.3) is 11.7 Å². The zero-order valence-corrected chi connectivity index (χ0v) is 15.7.